The molecule has 0 aliphatic heterocycles. The number of nitrogens with one attached hydrogen (secondary N) is 2. The Morgan fingerprint density at radius 2 is 2.40 bits per heavy atom. The molecule has 0 aromatic heterocycles. The van der Waals surface area contributed by atoms with Crippen LogP contribution in [0.25, 0.3) is 0 Å². The average molecular weight is 163 g/mol. The van der Waals surface area contributed by atoms with Crippen LogP contribution in [-0.2, 0) is 4.79 Å². The molecule has 5 heteroatoms. The van der Waals surface area contributed by atoms with Crippen LogP contribution in [-0.4, -0.2) is 23.8 Å². The van der Waals surface area contributed by atoms with Crippen LogP contribution in [0, 0.1) is 5.41 Å². The van der Waals surface area contributed by atoms with E-state index in [0.29, 0.717) is 0 Å². The van der Waals surface area contributed by atoms with E-state index in [9.17, 15) is 4.79 Å². The van der Waals surface area contributed by atoms with Crippen molar-refractivity contribution in [2.75, 3.05) is 6.54 Å². The van der Waals surface area contributed by atoms with Gasteiger partial charge in [0.05, 0.1) is 5.03 Å². The molecular formula is C5H7ClN2O2. The fraction of sp³-hybridized carbons (Fsp3) is 0.200. The molecule has 0 spiro atoms. The quantitative estimate of drug-likeness (QED) is 0.524. The fourth-order valence-corrected chi connectivity index (χ4v) is 0.355. The van der Waals surface area contributed by atoms with Gasteiger partial charge in [-0.2, -0.15) is 0 Å². The third-order valence-corrected chi connectivity index (χ3v) is 0.849. The van der Waals surface area contributed by atoms with Crippen molar-refractivity contribution >= 4 is 23.8 Å². The monoisotopic (exact) mass is 162 g/mol. The molecule has 0 atom stereocenters. The molecule has 0 heterocycles. The van der Waals surface area contributed by atoms with E-state index in [-0.39, 0.29) is 11.6 Å². The zero-order valence-corrected chi connectivity index (χ0v) is 5.85. The largest absolute Gasteiger partial charge is 0.480 e. The highest BCUT2D eigenvalue weighted by molar-refractivity contribution is 6.38. The highest BCUT2D eigenvalue weighted by atomic mass is 35.5. The number of hydrogen-bond donors (Lipinski definition) is 3. The van der Waals surface area contributed by atoms with Gasteiger partial charge < -0.3 is 15.8 Å². The number of carbonyl (C=O) groups is 1. The second-order valence-corrected chi connectivity index (χ2v) is 1.88. The lowest BCUT2D eigenvalue weighted by molar-refractivity contribution is -0.135. The van der Waals surface area contributed by atoms with E-state index >= 15 is 0 Å². The third-order valence-electron chi connectivity index (χ3n) is 0.631. The van der Waals surface area contributed by atoms with Gasteiger partial charge in [-0.1, -0.05) is 11.6 Å². The number of hydrogen-bond acceptors (Lipinski definition) is 3. The number of carboxylic acid groups (broad SMARTS) is 1. The zero-order chi connectivity index (χ0) is 7.98. The third kappa shape index (κ3) is 5.11. The maximum Gasteiger partial charge on any atom is 0.322 e. The maximum absolute atomic E-state index is 9.88. The summed E-state index contributed by atoms with van der Waals surface area (Å²) in [6.07, 6.45) is 2.17. The van der Waals surface area contributed by atoms with Crippen molar-refractivity contribution in [2.45, 2.75) is 0 Å². The van der Waals surface area contributed by atoms with Gasteiger partial charge in [-0.05, 0) is 0 Å². The molecule has 0 aliphatic carbocycles. The molecule has 0 saturated heterocycles. The van der Waals surface area contributed by atoms with E-state index < -0.39 is 5.97 Å². The van der Waals surface area contributed by atoms with Crippen LogP contribution >= 0.6 is 11.6 Å². The van der Waals surface area contributed by atoms with E-state index in [4.69, 9.17) is 22.1 Å². The number of allylic oxidation sites excluding steroid dienone is 1. The molecule has 0 amide bonds. The molecule has 0 aromatic rings. The minimum Gasteiger partial charge on any atom is -0.480 e. The SMILES string of the molecule is N=C/C(Cl)=C\NCC(=O)O. The molecule has 0 fully saturated rings. The second kappa shape index (κ2) is 4.81. The highest BCUT2D eigenvalue weighted by Gasteiger charge is 1.90. The van der Waals surface area contributed by atoms with Crippen LogP contribution in [0.1, 0.15) is 0 Å². The Labute approximate surface area is 63.0 Å². The predicted molar refractivity (Wildman–Crippen MR) is 38.4 cm³/mol. The first-order chi connectivity index (χ1) is 4.66. The number of rotatable bonds is 4. The Morgan fingerprint density at radius 1 is 1.80 bits per heavy atom. The lowest BCUT2D eigenvalue weighted by atomic mass is 10.6. The first-order valence-electron chi connectivity index (χ1n) is 2.48. The second-order valence-electron chi connectivity index (χ2n) is 1.45. The molecule has 3 N–H and O–H groups in total. The van der Waals surface area contributed by atoms with Gasteiger partial charge in [0.25, 0.3) is 0 Å². The Bertz CT molecular complexity index is 167. The van der Waals surface area contributed by atoms with Crippen LogP contribution < -0.4 is 5.32 Å². The van der Waals surface area contributed by atoms with Crippen molar-refractivity contribution in [3.8, 4) is 0 Å². The fourth-order valence-electron chi connectivity index (χ4n) is 0.278. The first-order valence-corrected chi connectivity index (χ1v) is 2.86. The van der Waals surface area contributed by atoms with Crippen LogP contribution in [0.3, 0.4) is 0 Å². The minimum absolute atomic E-state index is 0.168. The highest BCUT2D eigenvalue weighted by Crippen LogP contribution is 1.91. The molecule has 0 saturated carbocycles. The topological polar surface area (TPSA) is 73.2 Å². The summed E-state index contributed by atoms with van der Waals surface area (Å²) in [7, 11) is 0. The van der Waals surface area contributed by atoms with E-state index in [2.05, 4.69) is 5.32 Å². The van der Waals surface area contributed by atoms with Crippen LogP contribution in [0.2, 0.25) is 0 Å². The molecule has 10 heavy (non-hydrogen) atoms. The summed E-state index contributed by atoms with van der Waals surface area (Å²) < 4.78 is 0. The predicted octanol–water partition coefficient (Wildman–Crippen LogP) is 0.390. The van der Waals surface area contributed by atoms with Gasteiger partial charge in [-0.3, -0.25) is 4.79 Å². The van der Waals surface area contributed by atoms with E-state index in [1.54, 1.807) is 0 Å². The lowest BCUT2D eigenvalue weighted by Gasteiger charge is -1.92. The molecule has 0 bridgehead atoms. The standard InChI is InChI=1S/C5H7ClN2O2/c6-4(1-7)2-8-3-5(9)10/h1-2,7-8H,3H2,(H,9,10)/b4-2+,7-1?. The van der Waals surface area contributed by atoms with Crippen LogP contribution in [0.4, 0.5) is 0 Å². The lowest BCUT2D eigenvalue weighted by Crippen LogP contribution is -2.16. The van der Waals surface area contributed by atoms with Gasteiger partial charge in [0.1, 0.15) is 6.54 Å². The summed E-state index contributed by atoms with van der Waals surface area (Å²) in [5.74, 6) is -0.967. The minimum atomic E-state index is -0.967. The summed E-state index contributed by atoms with van der Waals surface area (Å²) >= 11 is 5.31. The number of halogens is 1. The Kier molecular flexibility index (Phi) is 4.32. The summed E-state index contributed by atoms with van der Waals surface area (Å²) in [6, 6.07) is 0. The van der Waals surface area contributed by atoms with Crippen molar-refractivity contribution in [1.29, 1.82) is 5.41 Å². The average Bonchev–Trinajstić information content (AvgIpc) is 1.87. The number of aliphatic carboxylic acids is 1. The van der Waals surface area contributed by atoms with Gasteiger partial charge in [0.15, 0.2) is 0 Å². The van der Waals surface area contributed by atoms with Crippen molar-refractivity contribution in [3.63, 3.8) is 0 Å². The summed E-state index contributed by atoms with van der Waals surface area (Å²) in [4.78, 5) is 9.88. The summed E-state index contributed by atoms with van der Waals surface area (Å²) in [6.45, 7) is -0.190. The molecule has 0 aromatic carbocycles. The van der Waals surface area contributed by atoms with Crippen LogP contribution in [0.5, 0.6) is 0 Å². The molecule has 0 aliphatic rings. The molecule has 0 radical (unpaired) electrons. The van der Waals surface area contributed by atoms with Gasteiger partial charge in [0, 0.05) is 12.4 Å². The van der Waals surface area contributed by atoms with Gasteiger partial charge in [0.2, 0.25) is 0 Å². The molecule has 0 rings (SSSR count). The van der Waals surface area contributed by atoms with Crippen molar-refractivity contribution in [1.82, 2.24) is 5.32 Å². The van der Waals surface area contributed by atoms with E-state index in [1.165, 1.54) is 6.20 Å². The Balaban J connectivity index is 3.52. The zero-order valence-electron chi connectivity index (χ0n) is 5.10. The normalized spacial score (nSPS) is 10.7. The number of carboxylic acids is 1. The van der Waals surface area contributed by atoms with Crippen molar-refractivity contribution < 1.29 is 9.90 Å². The Hall–Kier alpha value is -1.03. The van der Waals surface area contributed by atoms with Crippen molar-refractivity contribution in [3.05, 3.63) is 11.2 Å². The van der Waals surface area contributed by atoms with E-state index in [1.807, 2.05) is 0 Å². The summed E-state index contributed by atoms with van der Waals surface area (Å²) in [5, 5.41) is 17.2. The maximum atomic E-state index is 9.88. The molecular weight excluding hydrogens is 156 g/mol. The first kappa shape index (κ1) is 8.97. The smallest absolute Gasteiger partial charge is 0.322 e. The Morgan fingerprint density at radius 3 is 2.80 bits per heavy atom. The molecule has 4 nitrogen and oxygen atoms in total. The van der Waals surface area contributed by atoms with E-state index in [0.717, 1.165) is 6.21 Å². The summed E-state index contributed by atoms with van der Waals surface area (Å²) in [5.41, 5.74) is 0. The molecule has 0 unspecified atom stereocenters. The molecule has 56 valence electrons. The van der Waals surface area contributed by atoms with Gasteiger partial charge in [-0.25, -0.2) is 0 Å². The van der Waals surface area contributed by atoms with Crippen LogP contribution in [0.15, 0.2) is 11.2 Å². The van der Waals surface area contributed by atoms with Gasteiger partial charge >= 0.3 is 5.97 Å². The van der Waals surface area contributed by atoms with Crippen molar-refractivity contribution in [2.24, 2.45) is 0 Å². The van der Waals surface area contributed by atoms with Gasteiger partial charge in [-0.15, -0.1) is 0 Å².